The predicted molar refractivity (Wildman–Crippen MR) is 104 cm³/mol. The van der Waals surface area contributed by atoms with Crippen LogP contribution in [0.2, 0.25) is 5.02 Å². The van der Waals surface area contributed by atoms with Crippen molar-refractivity contribution in [1.82, 2.24) is 15.5 Å². The van der Waals surface area contributed by atoms with E-state index in [-0.39, 0.29) is 5.82 Å². The second-order valence-corrected chi connectivity index (χ2v) is 6.91. The number of aliphatic imine (C=N–C) groups is 1. The van der Waals surface area contributed by atoms with E-state index in [9.17, 15) is 4.39 Å². The molecule has 0 radical (unpaired) electrons. The number of piperidine rings is 1. The van der Waals surface area contributed by atoms with Crippen molar-refractivity contribution in [3.05, 3.63) is 34.6 Å². The molecule has 0 atom stereocenters. The number of nitrogens with one attached hydrogen (secondary N) is 2. The fourth-order valence-corrected chi connectivity index (χ4v) is 3.40. The lowest BCUT2D eigenvalue weighted by Crippen LogP contribution is -2.48. The average molecular weight is 369 g/mol. The molecule has 25 heavy (non-hydrogen) atoms. The van der Waals surface area contributed by atoms with Crippen LogP contribution in [0.5, 0.6) is 0 Å². The van der Waals surface area contributed by atoms with Crippen molar-refractivity contribution in [1.29, 1.82) is 0 Å². The Morgan fingerprint density at radius 2 is 2.08 bits per heavy atom. The van der Waals surface area contributed by atoms with Crippen LogP contribution in [-0.2, 0) is 6.42 Å². The number of hydrogen-bond donors (Lipinski definition) is 2. The molecule has 0 amide bonds. The molecular formula is C19H30ClFN4. The Bertz CT molecular complexity index is 556. The van der Waals surface area contributed by atoms with Crippen LogP contribution in [0, 0.1) is 5.82 Å². The summed E-state index contributed by atoms with van der Waals surface area (Å²) in [5, 5.41) is 7.33. The second kappa shape index (κ2) is 10.6. The number of guanidine groups is 1. The second-order valence-electron chi connectivity index (χ2n) is 6.51. The molecule has 0 spiro atoms. The van der Waals surface area contributed by atoms with Gasteiger partial charge in [-0.15, -0.1) is 0 Å². The molecule has 2 N–H and O–H groups in total. The van der Waals surface area contributed by atoms with Crippen molar-refractivity contribution in [2.24, 2.45) is 4.99 Å². The van der Waals surface area contributed by atoms with Crippen LogP contribution in [0.3, 0.4) is 0 Å². The maximum Gasteiger partial charge on any atom is 0.191 e. The van der Waals surface area contributed by atoms with E-state index in [1.54, 1.807) is 6.07 Å². The minimum Gasteiger partial charge on any atom is -0.357 e. The first-order valence-corrected chi connectivity index (χ1v) is 9.71. The summed E-state index contributed by atoms with van der Waals surface area (Å²) < 4.78 is 13.1. The van der Waals surface area contributed by atoms with Gasteiger partial charge in [0.25, 0.3) is 0 Å². The van der Waals surface area contributed by atoms with Crippen molar-refractivity contribution in [2.75, 3.05) is 32.7 Å². The minimum atomic E-state index is -0.304. The maximum atomic E-state index is 13.1. The third kappa shape index (κ3) is 6.83. The van der Waals surface area contributed by atoms with Crippen LogP contribution in [0.25, 0.3) is 0 Å². The molecule has 0 bridgehead atoms. The van der Waals surface area contributed by atoms with Gasteiger partial charge in [0.15, 0.2) is 5.96 Å². The number of likely N-dealkylation sites (tertiary alicyclic amines) is 1. The third-order valence-corrected chi connectivity index (χ3v) is 4.83. The molecule has 1 aromatic rings. The lowest BCUT2D eigenvalue weighted by atomic mass is 10.1. The van der Waals surface area contributed by atoms with E-state index in [1.807, 2.05) is 0 Å². The fraction of sp³-hybridized carbons (Fsp3) is 0.632. The molecule has 6 heteroatoms. The van der Waals surface area contributed by atoms with Crippen LogP contribution in [-0.4, -0.2) is 49.6 Å². The van der Waals surface area contributed by atoms with E-state index in [0.29, 0.717) is 24.0 Å². The highest BCUT2D eigenvalue weighted by molar-refractivity contribution is 6.31. The monoisotopic (exact) mass is 368 g/mol. The first kappa shape index (κ1) is 20.0. The summed E-state index contributed by atoms with van der Waals surface area (Å²) in [5.74, 6) is 0.552. The third-order valence-electron chi connectivity index (χ3n) is 4.48. The number of benzene rings is 1. The number of halogens is 2. The van der Waals surface area contributed by atoms with E-state index in [4.69, 9.17) is 11.6 Å². The van der Waals surface area contributed by atoms with Gasteiger partial charge in [-0.3, -0.25) is 4.99 Å². The van der Waals surface area contributed by atoms with Crippen LogP contribution in [0.1, 0.15) is 38.7 Å². The zero-order valence-corrected chi connectivity index (χ0v) is 16.1. The standard InChI is InChI=1S/C19H30ClFN4/c1-3-11-25-12-8-17(9-13-25)24-19(22-4-2)23-10-7-15-5-6-16(21)14-18(15)20/h5-6,14,17H,3-4,7-13H2,1-2H3,(H2,22,23,24). The molecule has 0 aliphatic carbocycles. The molecule has 1 saturated heterocycles. The Morgan fingerprint density at radius 3 is 2.72 bits per heavy atom. The predicted octanol–water partition coefficient (Wildman–Crippen LogP) is 3.45. The van der Waals surface area contributed by atoms with E-state index >= 15 is 0 Å². The van der Waals surface area contributed by atoms with Crippen LogP contribution in [0.4, 0.5) is 4.39 Å². The highest BCUT2D eigenvalue weighted by Gasteiger charge is 2.19. The van der Waals surface area contributed by atoms with Crippen LogP contribution in [0.15, 0.2) is 23.2 Å². The van der Waals surface area contributed by atoms with Crippen molar-refractivity contribution in [3.63, 3.8) is 0 Å². The topological polar surface area (TPSA) is 39.7 Å². The zero-order valence-electron chi connectivity index (χ0n) is 15.3. The first-order valence-electron chi connectivity index (χ1n) is 9.33. The summed E-state index contributed by atoms with van der Waals surface area (Å²) in [7, 11) is 0. The van der Waals surface area contributed by atoms with E-state index in [2.05, 4.69) is 34.4 Å². The summed E-state index contributed by atoms with van der Waals surface area (Å²) in [6.45, 7) is 9.24. The van der Waals surface area contributed by atoms with Crippen molar-refractivity contribution in [2.45, 2.75) is 45.6 Å². The van der Waals surface area contributed by atoms with Gasteiger partial charge in [-0.25, -0.2) is 4.39 Å². The number of rotatable bonds is 7. The summed E-state index contributed by atoms with van der Waals surface area (Å²) in [6.07, 6.45) is 4.21. The molecule has 2 rings (SSSR count). The van der Waals surface area contributed by atoms with E-state index < -0.39 is 0 Å². The maximum absolute atomic E-state index is 13.1. The Balaban J connectivity index is 1.84. The quantitative estimate of drug-likeness (QED) is 0.572. The van der Waals surface area contributed by atoms with Crippen LogP contribution < -0.4 is 10.6 Å². The number of hydrogen-bond acceptors (Lipinski definition) is 2. The van der Waals surface area contributed by atoms with Gasteiger partial charge in [0.05, 0.1) is 0 Å². The first-order chi connectivity index (χ1) is 12.1. The minimum absolute atomic E-state index is 0.304. The highest BCUT2D eigenvalue weighted by atomic mass is 35.5. The lowest BCUT2D eigenvalue weighted by molar-refractivity contribution is 0.206. The van der Waals surface area contributed by atoms with Gasteiger partial charge in [-0.1, -0.05) is 24.6 Å². The molecule has 1 aliphatic rings. The summed E-state index contributed by atoms with van der Waals surface area (Å²) >= 11 is 6.08. The summed E-state index contributed by atoms with van der Waals surface area (Å²) in [5.41, 5.74) is 0.926. The molecular weight excluding hydrogens is 339 g/mol. The molecule has 0 unspecified atom stereocenters. The van der Waals surface area contributed by atoms with Gasteiger partial charge in [-0.05, 0) is 56.8 Å². The largest absolute Gasteiger partial charge is 0.357 e. The van der Waals surface area contributed by atoms with Crippen LogP contribution >= 0.6 is 11.6 Å². The molecule has 1 fully saturated rings. The zero-order chi connectivity index (χ0) is 18.1. The van der Waals surface area contributed by atoms with Gasteiger partial charge in [0, 0.05) is 37.2 Å². The number of nitrogens with zero attached hydrogens (tertiary/aromatic N) is 2. The normalized spacial score (nSPS) is 16.9. The molecule has 0 saturated carbocycles. The van der Waals surface area contributed by atoms with Gasteiger partial charge in [0.1, 0.15) is 5.82 Å². The van der Waals surface area contributed by atoms with Gasteiger partial charge in [0.2, 0.25) is 0 Å². The lowest BCUT2D eigenvalue weighted by Gasteiger charge is -2.32. The molecule has 0 aromatic heterocycles. The Labute approximate surface area is 155 Å². The molecule has 4 nitrogen and oxygen atoms in total. The fourth-order valence-electron chi connectivity index (χ4n) is 3.14. The Kier molecular flexibility index (Phi) is 8.49. The van der Waals surface area contributed by atoms with Crippen molar-refractivity contribution in [3.8, 4) is 0 Å². The summed E-state index contributed by atoms with van der Waals surface area (Å²) in [6, 6.07) is 5.00. The van der Waals surface area contributed by atoms with E-state index in [1.165, 1.54) is 25.1 Å². The molecule has 1 aromatic carbocycles. The Morgan fingerprint density at radius 1 is 1.32 bits per heavy atom. The smallest absolute Gasteiger partial charge is 0.191 e. The van der Waals surface area contributed by atoms with Gasteiger partial charge < -0.3 is 15.5 Å². The summed E-state index contributed by atoms with van der Waals surface area (Å²) in [4.78, 5) is 7.18. The van der Waals surface area contributed by atoms with Crippen molar-refractivity contribution >= 4 is 17.6 Å². The molecule has 1 aliphatic heterocycles. The SMILES string of the molecule is CCCN1CCC(NC(=NCCc2ccc(F)cc2Cl)NCC)CC1. The molecule has 140 valence electrons. The van der Waals surface area contributed by atoms with Gasteiger partial charge >= 0.3 is 0 Å². The van der Waals surface area contributed by atoms with Gasteiger partial charge in [-0.2, -0.15) is 0 Å². The van der Waals surface area contributed by atoms with Crippen molar-refractivity contribution < 1.29 is 4.39 Å². The Hall–Kier alpha value is -1.33. The molecule has 1 heterocycles. The highest BCUT2D eigenvalue weighted by Crippen LogP contribution is 2.17. The van der Waals surface area contributed by atoms with E-state index in [0.717, 1.165) is 44.0 Å². The average Bonchev–Trinajstić information content (AvgIpc) is 2.59.